The van der Waals surface area contributed by atoms with Gasteiger partial charge in [-0.25, -0.2) is 13.1 Å². The maximum Gasteiger partial charge on any atom is 0.240 e. The van der Waals surface area contributed by atoms with E-state index in [-0.39, 0.29) is 0 Å². The summed E-state index contributed by atoms with van der Waals surface area (Å²) >= 11 is 0. The van der Waals surface area contributed by atoms with Gasteiger partial charge in [-0.15, -0.1) is 0 Å². The Bertz CT molecular complexity index is 892. The number of fused-ring (bicyclic) bond motifs is 1. The van der Waals surface area contributed by atoms with E-state index >= 15 is 0 Å². The van der Waals surface area contributed by atoms with Crippen molar-refractivity contribution in [2.24, 2.45) is 0 Å². The summed E-state index contributed by atoms with van der Waals surface area (Å²) < 4.78 is 30.4. The van der Waals surface area contributed by atoms with Gasteiger partial charge in [0.15, 0.2) is 0 Å². The second-order valence-corrected chi connectivity index (χ2v) is 8.87. The highest BCUT2D eigenvalue weighted by molar-refractivity contribution is 7.89. The van der Waals surface area contributed by atoms with Crippen molar-refractivity contribution in [3.63, 3.8) is 0 Å². The highest BCUT2D eigenvalue weighted by Gasteiger charge is 2.27. The summed E-state index contributed by atoms with van der Waals surface area (Å²) in [5, 5.41) is 0. The summed E-state index contributed by atoms with van der Waals surface area (Å²) in [7, 11) is -3.46. The molecule has 0 saturated heterocycles. The highest BCUT2D eigenvalue weighted by Crippen LogP contribution is 2.38. The third kappa shape index (κ3) is 2.80. The average molecular weight is 344 g/mol. The number of hydrogen-bond donors (Lipinski definition) is 1. The van der Waals surface area contributed by atoms with Crippen molar-refractivity contribution < 1.29 is 8.42 Å². The monoisotopic (exact) mass is 344 g/mol. The lowest BCUT2D eigenvalue weighted by molar-refractivity contribution is 0.581. The minimum atomic E-state index is -3.46. The van der Waals surface area contributed by atoms with Gasteiger partial charge in [0.2, 0.25) is 10.0 Å². The van der Waals surface area contributed by atoms with Gasteiger partial charge in [-0.1, -0.05) is 6.07 Å². The number of aromatic nitrogens is 1. The number of benzene rings is 1. The Hall–Kier alpha value is -1.59. The Kier molecular flexibility index (Phi) is 3.81. The second-order valence-electron chi connectivity index (χ2n) is 7.11. The quantitative estimate of drug-likeness (QED) is 0.904. The number of nitrogens with zero attached hydrogens (tertiary/aromatic N) is 1. The van der Waals surface area contributed by atoms with Crippen LogP contribution >= 0.6 is 0 Å². The van der Waals surface area contributed by atoms with Crippen LogP contribution in [0.15, 0.2) is 29.2 Å². The maximum atomic E-state index is 12.6. The number of aryl methyl sites for hydroxylation is 3. The Morgan fingerprint density at radius 3 is 2.62 bits per heavy atom. The highest BCUT2D eigenvalue weighted by atomic mass is 32.2. The molecule has 1 aromatic heterocycles. The van der Waals surface area contributed by atoms with Crippen LogP contribution < -0.4 is 4.72 Å². The molecule has 1 heterocycles. The van der Waals surface area contributed by atoms with Crippen molar-refractivity contribution in [1.29, 1.82) is 0 Å². The molecule has 24 heavy (non-hydrogen) atoms. The first kappa shape index (κ1) is 15.9. The minimum Gasteiger partial charge on any atom is -0.346 e. The molecule has 0 spiro atoms. The molecule has 4 rings (SSSR count). The van der Waals surface area contributed by atoms with Gasteiger partial charge in [0.05, 0.1) is 4.90 Å². The van der Waals surface area contributed by atoms with Crippen molar-refractivity contribution in [2.45, 2.75) is 63.4 Å². The van der Waals surface area contributed by atoms with Gasteiger partial charge in [-0.2, -0.15) is 0 Å². The summed E-state index contributed by atoms with van der Waals surface area (Å²) in [6.07, 6.45) is 5.64. The molecule has 1 N–H and O–H groups in total. The summed E-state index contributed by atoms with van der Waals surface area (Å²) in [5.41, 5.74) is 5.96. The number of rotatable bonds is 5. The molecule has 1 aromatic carbocycles. The van der Waals surface area contributed by atoms with Crippen molar-refractivity contribution in [3.8, 4) is 0 Å². The number of nitrogens with one attached hydrogen (secondary N) is 1. The molecule has 2 aromatic rings. The largest absolute Gasteiger partial charge is 0.346 e. The molecule has 0 aliphatic heterocycles. The van der Waals surface area contributed by atoms with Crippen LogP contribution in [-0.4, -0.2) is 13.0 Å². The molecular weight excluding hydrogens is 320 g/mol. The first-order valence-corrected chi connectivity index (χ1v) is 10.2. The summed E-state index contributed by atoms with van der Waals surface area (Å²) in [6, 6.07) is 8.28. The second kappa shape index (κ2) is 5.74. The lowest BCUT2D eigenvalue weighted by Crippen LogP contribution is -2.23. The molecule has 0 unspecified atom stereocenters. The lowest BCUT2D eigenvalue weighted by atomic mass is 10.1. The Balaban J connectivity index is 1.54. The molecule has 1 saturated carbocycles. The Labute approximate surface area is 143 Å². The summed E-state index contributed by atoms with van der Waals surface area (Å²) in [5.74, 6) is 0. The van der Waals surface area contributed by atoms with E-state index in [1.807, 2.05) is 12.1 Å². The summed E-state index contributed by atoms with van der Waals surface area (Å²) in [6.45, 7) is 4.54. The van der Waals surface area contributed by atoms with Gasteiger partial charge in [-0.05, 0) is 80.8 Å². The topological polar surface area (TPSA) is 51.1 Å². The zero-order valence-corrected chi connectivity index (χ0v) is 15.1. The van der Waals surface area contributed by atoms with Crippen molar-refractivity contribution in [1.82, 2.24) is 9.29 Å². The third-order valence-corrected chi connectivity index (χ3v) is 6.73. The maximum absolute atomic E-state index is 12.6. The average Bonchev–Trinajstić information content (AvgIpc) is 3.18. The normalized spacial score (nSPS) is 17.2. The van der Waals surface area contributed by atoms with Crippen molar-refractivity contribution in [3.05, 3.63) is 52.3 Å². The Morgan fingerprint density at radius 2 is 1.88 bits per heavy atom. The van der Waals surface area contributed by atoms with Crippen LogP contribution in [0.1, 0.15) is 53.4 Å². The fourth-order valence-electron chi connectivity index (χ4n) is 3.89. The van der Waals surface area contributed by atoms with Crippen LogP contribution in [0.5, 0.6) is 0 Å². The first-order chi connectivity index (χ1) is 11.5. The lowest BCUT2D eigenvalue weighted by Gasteiger charge is -2.10. The molecule has 0 bridgehead atoms. The zero-order chi connectivity index (χ0) is 16.9. The Morgan fingerprint density at radius 1 is 1.12 bits per heavy atom. The molecule has 4 nitrogen and oxygen atoms in total. The molecule has 2 aliphatic carbocycles. The van der Waals surface area contributed by atoms with E-state index < -0.39 is 10.0 Å². The molecule has 5 heteroatoms. The summed E-state index contributed by atoms with van der Waals surface area (Å²) in [4.78, 5) is 0.388. The molecule has 0 atom stereocenters. The fraction of sp³-hybridized carbons (Fsp3) is 0.474. The van der Waals surface area contributed by atoms with E-state index in [1.165, 1.54) is 35.4 Å². The van der Waals surface area contributed by atoms with Gasteiger partial charge in [0, 0.05) is 24.0 Å². The van der Waals surface area contributed by atoms with Gasteiger partial charge < -0.3 is 4.57 Å². The van der Waals surface area contributed by atoms with Gasteiger partial charge in [0.1, 0.15) is 0 Å². The van der Waals surface area contributed by atoms with E-state index in [0.717, 1.165) is 24.8 Å². The molecule has 2 aliphatic rings. The van der Waals surface area contributed by atoms with Crippen LogP contribution in [0.3, 0.4) is 0 Å². The van der Waals surface area contributed by atoms with Crippen molar-refractivity contribution in [2.75, 3.05) is 0 Å². The van der Waals surface area contributed by atoms with E-state index in [2.05, 4.69) is 29.2 Å². The van der Waals surface area contributed by atoms with Crippen LogP contribution in [0.2, 0.25) is 0 Å². The number of hydrogen-bond acceptors (Lipinski definition) is 2. The molecule has 0 amide bonds. The van der Waals surface area contributed by atoms with Crippen LogP contribution in [0.4, 0.5) is 0 Å². The molecule has 0 radical (unpaired) electrons. The smallest absolute Gasteiger partial charge is 0.240 e. The van der Waals surface area contributed by atoms with Crippen molar-refractivity contribution >= 4 is 10.0 Å². The zero-order valence-electron chi connectivity index (χ0n) is 14.3. The molecular formula is C19H24N2O2S. The van der Waals surface area contributed by atoms with Crippen LogP contribution in [0, 0.1) is 13.8 Å². The third-order valence-electron chi connectivity index (χ3n) is 5.33. The van der Waals surface area contributed by atoms with E-state index in [4.69, 9.17) is 0 Å². The van der Waals surface area contributed by atoms with Gasteiger partial charge in [0.25, 0.3) is 0 Å². The predicted octanol–water partition coefficient (Wildman–Crippen LogP) is 3.41. The van der Waals surface area contributed by atoms with E-state index in [9.17, 15) is 8.42 Å². The standard InChI is InChI=1S/C19H24N2O2S/c1-13-10-17(14(2)21(13)18-7-8-18)12-20-24(22,23)19-9-6-15-4-3-5-16(15)11-19/h6,9-11,18,20H,3-5,7-8,12H2,1-2H3. The van der Waals surface area contributed by atoms with Gasteiger partial charge in [-0.3, -0.25) is 0 Å². The van der Waals surface area contributed by atoms with Gasteiger partial charge >= 0.3 is 0 Å². The van der Waals surface area contributed by atoms with E-state index in [0.29, 0.717) is 17.5 Å². The molecule has 1 fully saturated rings. The molecule has 128 valence electrons. The number of sulfonamides is 1. The van der Waals surface area contributed by atoms with Crippen LogP contribution in [0.25, 0.3) is 0 Å². The van der Waals surface area contributed by atoms with Crippen LogP contribution in [-0.2, 0) is 29.4 Å². The first-order valence-electron chi connectivity index (χ1n) is 8.74. The minimum absolute atomic E-state index is 0.353. The SMILES string of the molecule is Cc1cc(CNS(=O)(=O)c2ccc3c(c2)CCC3)c(C)n1C1CC1. The predicted molar refractivity (Wildman–Crippen MR) is 94.7 cm³/mol. The fourth-order valence-corrected chi connectivity index (χ4v) is 4.95. The van der Waals surface area contributed by atoms with E-state index in [1.54, 1.807) is 6.07 Å².